The van der Waals surface area contributed by atoms with Gasteiger partial charge < -0.3 is 4.74 Å². The average molecular weight is 270 g/mol. The summed E-state index contributed by atoms with van der Waals surface area (Å²) < 4.78 is 5.59. The summed E-state index contributed by atoms with van der Waals surface area (Å²) in [5, 5.41) is 0. The zero-order chi connectivity index (χ0) is 14.2. The highest BCUT2D eigenvalue weighted by atomic mass is 16.5. The molecule has 3 N–H and O–H groups in total. The van der Waals surface area contributed by atoms with E-state index in [0.717, 1.165) is 25.2 Å². The Kier molecular flexibility index (Phi) is 5.59. The molecule has 0 radical (unpaired) electrons. The van der Waals surface area contributed by atoms with Gasteiger partial charge in [-0.25, -0.2) is 0 Å². The lowest BCUT2D eigenvalue weighted by Gasteiger charge is -2.17. The summed E-state index contributed by atoms with van der Waals surface area (Å²) in [5.41, 5.74) is 5.32. The number of hydrogen-bond donors (Lipinski definition) is 2. The molecule has 0 aliphatic rings. The lowest BCUT2D eigenvalue weighted by Crippen LogP contribution is -2.29. The molecule has 0 aromatic heterocycles. The molecule has 2 aromatic rings. The van der Waals surface area contributed by atoms with Gasteiger partial charge in [-0.3, -0.25) is 11.3 Å². The van der Waals surface area contributed by atoms with Gasteiger partial charge in [-0.2, -0.15) is 0 Å². The second-order valence-corrected chi connectivity index (χ2v) is 4.83. The smallest absolute Gasteiger partial charge is 0.119 e. The van der Waals surface area contributed by atoms with Crippen LogP contribution in [0.2, 0.25) is 0 Å². The molecule has 3 heteroatoms. The first-order valence-corrected chi connectivity index (χ1v) is 7.06. The van der Waals surface area contributed by atoms with Crippen molar-refractivity contribution in [1.82, 2.24) is 5.43 Å². The monoisotopic (exact) mass is 270 g/mol. The van der Waals surface area contributed by atoms with E-state index in [1.165, 1.54) is 11.1 Å². The van der Waals surface area contributed by atoms with Gasteiger partial charge in [0.25, 0.3) is 0 Å². The molecule has 0 saturated carbocycles. The Morgan fingerprint density at radius 2 is 1.75 bits per heavy atom. The van der Waals surface area contributed by atoms with Crippen LogP contribution in [0.25, 0.3) is 0 Å². The van der Waals surface area contributed by atoms with Crippen LogP contribution < -0.4 is 16.0 Å². The molecule has 0 saturated heterocycles. The van der Waals surface area contributed by atoms with Crippen LogP contribution in [0.4, 0.5) is 0 Å². The van der Waals surface area contributed by atoms with Crippen LogP contribution in [0, 0.1) is 0 Å². The van der Waals surface area contributed by atoms with Gasteiger partial charge in [0.15, 0.2) is 0 Å². The van der Waals surface area contributed by atoms with Crippen LogP contribution in [0.15, 0.2) is 54.6 Å². The minimum Gasteiger partial charge on any atom is -0.494 e. The molecule has 0 heterocycles. The normalized spacial score (nSPS) is 12.1. The molecular formula is C17H22N2O. The van der Waals surface area contributed by atoms with Crippen molar-refractivity contribution in [2.75, 3.05) is 6.61 Å². The number of benzene rings is 2. The number of ether oxygens (including phenoxy) is 1. The van der Waals surface area contributed by atoms with Crippen LogP contribution in [0.5, 0.6) is 5.75 Å². The number of hydrazine groups is 1. The summed E-state index contributed by atoms with van der Waals surface area (Å²) in [6.45, 7) is 2.85. The predicted molar refractivity (Wildman–Crippen MR) is 82.4 cm³/mol. The highest BCUT2D eigenvalue weighted by Crippen LogP contribution is 2.21. The van der Waals surface area contributed by atoms with Crippen molar-refractivity contribution in [3.8, 4) is 5.75 Å². The molecule has 2 rings (SSSR count). The van der Waals surface area contributed by atoms with Crippen molar-refractivity contribution >= 4 is 0 Å². The Balaban J connectivity index is 2.04. The molecule has 0 bridgehead atoms. The van der Waals surface area contributed by atoms with Crippen LogP contribution in [0.3, 0.4) is 0 Å². The number of nitrogens with two attached hydrogens (primary N) is 1. The SMILES string of the molecule is CCCOc1ccc(C(Cc2ccccc2)NN)cc1. The van der Waals surface area contributed by atoms with Crippen molar-refractivity contribution in [3.05, 3.63) is 65.7 Å². The molecule has 0 amide bonds. The Morgan fingerprint density at radius 1 is 1.05 bits per heavy atom. The molecule has 3 nitrogen and oxygen atoms in total. The fourth-order valence-corrected chi connectivity index (χ4v) is 2.14. The van der Waals surface area contributed by atoms with Gasteiger partial charge >= 0.3 is 0 Å². The molecule has 20 heavy (non-hydrogen) atoms. The molecule has 1 atom stereocenters. The Bertz CT molecular complexity index is 496. The summed E-state index contributed by atoms with van der Waals surface area (Å²) in [6.07, 6.45) is 1.88. The highest BCUT2D eigenvalue weighted by Gasteiger charge is 2.10. The Labute approximate surface area is 120 Å². The minimum absolute atomic E-state index is 0.109. The van der Waals surface area contributed by atoms with E-state index in [1.807, 2.05) is 30.3 Å². The summed E-state index contributed by atoms with van der Waals surface area (Å²) in [4.78, 5) is 0. The molecular weight excluding hydrogens is 248 g/mol. The zero-order valence-electron chi connectivity index (χ0n) is 11.9. The van der Waals surface area contributed by atoms with Crippen LogP contribution in [-0.2, 0) is 6.42 Å². The molecule has 106 valence electrons. The molecule has 0 fully saturated rings. The van der Waals surface area contributed by atoms with E-state index in [1.54, 1.807) is 0 Å². The quantitative estimate of drug-likeness (QED) is 0.600. The summed E-state index contributed by atoms with van der Waals surface area (Å²) in [5.74, 6) is 6.60. The molecule has 0 spiro atoms. The number of hydrogen-bond acceptors (Lipinski definition) is 3. The standard InChI is InChI=1S/C17H22N2O/c1-2-12-20-16-10-8-15(9-11-16)17(19-18)13-14-6-4-3-5-7-14/h3-11,17,19H,2,12-13,18H2,1H3. The van der Waals surface area contributed by atoms with Gasteiger partial charge in [-0.15, -0.1) is 0 Å². The van der Waals surface area contributed by atoms with Crippen molar-refractivity contribution in [3.63, 3.8) is 0 Å². The van der Waals surface area contributed by atoms with Gasteiger partial charge in [0, 0.05) is 6.04 Å². The Hall–Kier alpha value is -1.84. The van der Waals surface area contributed by atoms with Crippen LogP contribution in [-0.4, -0.2) is 6.61 Å². The lowest BCUT2D eigenvalue weighted by molar-refractivity contribution is 0.317. The molecule has 0 aliphatic heterocycles. The van der Waals surface area contributed by atoms with Crippen molar-refractivity contribution < 1.29 is 4.74 Å². The van der Waals surface area contributed by atoms with E-state index in [9.17, 15) is 0 Å². The second-order valence-electron chi connectivity index (χ2n) is 4.83. The number of rotatable bonds is 7. The van der Waals surface area contributed by atoms with Gasteiger partial charge in [0.1, 0.15) is 5.75 Å². The fraction of sp³-hybridized carbons (Fsp3) is 0.294. The van der Waals surface area contributed by atoms with E-state index < -0.39 is 0 Å². The second kappa shape index (κ2) is 7.68. The first-order valence-electron chi connectivity index (χ1n) is 7.06. The third-order valence-electron chi connectivity index (χ3n) is 3.24. The molecule has 1 unspecified atom stereocenters. The van der Waals surface area contributed by atoms with Gasteiger partial charge in [0.2, 0.25) is 0 Å². The maximum atomic E-state index is 5.69. The third kappa shape index (κ3) is 4.08. The summed E-state index contributed by atoms with van der Waals surface area (Å²) in [7, 11) is 0. The van der Waals surface area contributed by atoms with E-state index in [4.69, 9.17) is 10.6 Å². The van der Waals surface area contributed by atoms with Gasteiger partial charge in [-0.05, 0) is 36.1 Å². The molecule has 2 aromatic carbocycles. The maximum absolute atomic E-state index is 5.69. The van der Waals surface area contributed by atoms with E-state index >= 15 is 0 Å². The minimum atomic E-state index is 0.109. The first kappa shape index (κ1) is 14.6. The van der Waals surface area contributed by atoms with Crippen molar-refractivity contribution in [1.29, 1.82) is 0 Å². The van der Waals surface area contributed by atoms with Gasteiger partial charge in [-0.1, -0.05) is 49.4 Å². The maximum Gasteiger partial charge on any atom is 0.119 e. The largest absolute Gasteiger partial charge is 0.494 e. The summed E-state index contributed by atoms with van der Waals surface area (Å²) >= 11 is 0. The van der Waals surface area contributed by atoms with Crippen LogP contribution >= 0.6 is 0 Å². The number of nitrogens with one attached hydrogen (secondary N) is 1. The predicted octanol–water partition coefficient (Wildman–Crippen LogP) is 3.22. The van der Waals surface area contributed by atoms with Crippen molar-refractivity contribution in [2.45, 2.75) is 25.8 Å². The summed E-state index contributed by atoms with van der Waals surface area (Å²) in [6, 6.07) is 18.6. The Morgan fingerprint density at radius 3 is 2.35 bits per heavy atom. The first-order chi connectivity index (χ1) is 9.83. The fourth-order valence-electron chi connectivity index (χ4n) is 2.14. The van der Waals surface area contributed by atoms with Crippen LogP contribution in [0.1, 0.15) is 30.5 Å². The van der Waals surface area contributed by atoms with E-state index in [-0.39, 0.29) is 6.04 Å². The van der Waals surface area contributed by atoms with E-state index in [2.05, 4.69) is 36.6 Å². The van der Waals surface area contributed by atoms with E-state index in [0.29, 0.717) is 0 Å². The average Bonchev–Trinajstić information content (AvgIpc) is 2.52. The van der Waals surface area contributed by atoms with Gasteiger partial charge in [0.05, 0.1) is 6.61 Å². The lowest BCUT2D eigenvalue weighted by atomic mass is 9.99. The highest BCUT2D eigenvalue weighted by molar-refractivity contribution is 5.30. The molecule has 0 aliphatic carbocycles. The topological polar surface area (TPSA) is 47.3 Å². The zero-order valence-corrected chi connectivity index (χ0v) is 11.9. The third-order valence-corrected chi connectivity index (χ3v) is 3.24. The van der Waals surface area contributed by atoms with Crippen molar-refractivity contribution in [2.24, 2.45) is 5.84 Å².